The van der Waals surface area contributed by atoms with Crippen LogP contribution in [0.5, 0.6) is 0 Å². The van der Waals surface area contributed by atoms with Gasteiger partial charge in [-0.15, -0.1) is 0 Å². The van der Waals surface area contributed by atoms with E-state index in [2.05, 4.69) is 12.8 Å². The summed E-state index contributed by atoms with van der Waals surface area (Å²) in [5, 5.41) is 0. The van der Waals surface area contributed by atoms with E-state index in [-0.39, 0.29) is 5.82 Å². The normalized spacial score (nSPS) is 26.8. The topological polar surface area (TPSA) is 36.5 Å². The summed E-state index contributed by atoms with van der Waals surface area (Å²) >= 11 is 0. The van der Waals surface area contributed by atoms with Crippen molar-refractivity contribution in [2.45, 2.75) is 6.04 Å². The average Bonchev–Trinajstić information content (AvgIpc) is 2.35. The van der Waals surface area contributed by atoms with E-state index in [0.717, 1.165) is 6.54 Å². The minimum Gasteiger partial charge on any atom is -0.352 e. The third-order valence-corrected chi connectivity index (χ3v) is 3.80. The number of halogens is 1. The molecular formula is C13H23FN3+3. The summed E-state index contributed by atoms with van der Waals surface area (Å²) in [5.74, 6) is -0.158. The SMILES string of the molecule is C[NH+]1CC[NH+]([C@@H](C[NH3+])c2ccc(F)cc2)CC1. The molecule has 0 radical (unpaired) electrons. The molecule has 17 heavy (non-hydrogen) atoms. The highest BCUT2D eigenvalue weighted by molar-refractivity contribution is 5.18. The number of piperazine rings is 1. The van der Waals surface area contributed by atoms with Crippen molar-refractivity contribution in [2.75, 3.05) is 39.8 Å². The summed E-state index contributed by atoms with van der Waals surface area (Å²) in [7, 11) is 2.24. The van der Waals surface area contributed by atoms with Gasteiger partial charge in [0.2, 0.25) is 0 Å². The van der Waals surface area contributed by atoms with Gasteiger partial charge in [0.25, 0.3) is 0 Å². The number of likely N-dealkylation sites (N-methyl/N-ethyl adjacent to an activating group) is 1. The number of hydrogen-bond donors (Lipinski definition) is 3. The van der Waals surface area contributed by atoms with Crippen LogP contribution in [-0.2, 0) is 0 Å². The van der Waals surface area contributed by atoms with Gasteiger partial charge in [0, 0.05) is 5.56 Å². The molecule has 1 heterocycles. The van der Waals surface area contributed by atoms with Gasteiger partial charge < -0.3 is 15.5 Å². The minimum atomic E-state index is -0.158. The Kier molecular flexibility index (Phi) is 4.10. The molecule has 3 nitrogen and oxygen atoms in total. The molecule has 1 aromatic rings. The molecule has 2 rings (SSSR count). The van der Waals surface area contributed by atoms with Crippen molar-refractivity contribution in [2.24, 2.45) is 0 Å². The third kappa shape index (κ3) is 3.03. The van der Waals surface area contributed by atoms with Crippen molar-refractivity contribution in [1.82, 2.24) is 0 Å². The van der Waals surface area contributed by atoms with Gasteiger partial charge in [-0.05, 0) is 24.3 Å². The van der Waals surface area contributed by atoms with Crippen LogP contribution in [0.3, 0.4) is 0 Å². The molecule has 1 saturated heterocycles. The van der Waals surface area contributed by atoms with Gasteiger partial charge in [-0.2, -0.15) is 0 Å². The van der Waals surface area contributed by atoms with Crippen LogP contribution in [-0.4, -0.2) is 39.8 Å². The van der Waals surface area contributed by atoms with Crippen molar-refractivity contribution in [3.63, 3.8) is 0 Å². The fourth-order valence-corrected chi connectivity index (χ4v) is 2.65. The standard InChI is InChI=1S/C13H20FN3/c1-16-6-8-17(9-7-16)13(10-15)11-2-4-12(14)5-3-11/h2-5,13H,6-10,15H2,1H3/p+3/t13-/m0/s1. The van der Waals surface area contributed by atoms with Crippen molar-refractivity contribution < 1.29 is 19.9 Å². The average molecular weight is 240 g/mol. The van der Waals surface area contributed by atoms with Crippen LogP contribution in [0.2, 0.25) is 0 Å². The Morgan fingerprint density at radius 2 is 1.76 bits per heavy atom. The smallest absolute Gasteiger partial charge is 0.163 e. The molecule has 1 aromatic carbocycles. The number of quaternary nitrogens is 3. The highest BCUT2D eigenvalue weighted by Crippen LogP contribution is 2.09. The lowest BCUT2D eigenvalue weighted by Gasteiger charge is -2.32. The molecule has 0 aliphatic carbocycles. The fraction of sp³-hybridized carbons (Fsp3) is 0.538. The van der Waals surface area contributed by atoms with Crippen LogP contribution in [0.4, 0.5) is 4.39 Å². The van der Waals surface area contributed by atoms with Gasteiger partial charge in [-0.25, -0.2) is 4.39 Å². The molecule has 0 aromatic heterocycles. The van der Waals surface area contributed by atoms with Crippen molar-refractivity contribution in [3.8, 4) is 0 Å². The van der Waals surface area contributed by atoms with Crippen molar-refractivity contribution in [3.05, 3.63) is 35.6 Å². The highest BCUT2D eigenvalue weighted by atomic mass is 19.1. The first-order chi connectivity index (χ1) is 8.20. The maximum absolute atomic E-state index is 12.9. The third-order valence-electron chi connectivity index (χ3n) is 3.80. The molecular weight excluding hydrogens is 217 g/mol. The molecule has 1 aliphatic heterocycles. The van der Waals surface area contributed by atoms with Crippen LogP contribution in [0.1, 0.15) is 11.6 Å². The summed E-state index contributed by atoms with van der Waals surface area (Å²) in [5.41, 5.74) is 5.28. The molecule has 1 atom stereocenters. The second-order valence-electron chi connectivity index (χ2n) is 5.01. The van der Waals surface area contributed by atoms with Gasteiger partial charge in [-0.3, -0.25) is 0 Å². The molecule has 0 amide bonds. The molecule has 0 bridgehead atoms. The van der Waals surface area contributed by atoms with Gasteiger partial charge in [0.05, 0.1) is 7.05 Å². The molecule has 0 unspecified atom stereocenters. The molecule has 94 valence electrons. The van der Waals surface area contributed by atoms with E-state index in [0.29, 0.717) is 6.04 Å². The molecule has 5 N–H and O–H groups in total. The Morgan fingerprint density at radius 1 is 1.18 bits per heavy atom. The largest absolute Gasteiger partial charge is 0.352 e. The van der Waals surface area contributed by atoms with Gasteiger partial charge in [-0.1, -0.05) is 0 Å². The first-order valence-electron chi connectivity index (χ1n) is 6.41. The number of rotatable bonds is 3. The first kappa shape index (κ1) is 12.5. The summed E-state index contributed by atoms with van der Waals surface area (Å²) in [4.78, 5) is 3.20. The van der Waals surface area contributed by atoms with E-state index in [9.17, 15) is 4.39 Å². The summed E-state index contributed by atoms with van der Waals surface area (Å²) in [6, 6.07) is 7.34. The fourth-order valence-electron chi connectivity index (χ4n) is 2.65. The molecule has 0 spiro atoms. The zero-order valence-electron chi connectivity index (χ0n) is 10.5. The molecule has 1 aliphatic rings. The highest BCUT2D eigenvalue weighted by Gasteiger charge is 2.29. The van der Waals surface area contributed by atoms with Crippen LogP contribution >= 0.6 is 0 Å². The number of hydrogen-bond acceptors (Lipinski definition) is 0. The lowest BCUT2D eigenvalue weighted by molar-refractivity contribution is -1.02. The summed E-state index contributed by atoms with van der Waals surface area (Å²) < 4.78 is 12.9. The van der Waals surface area contributed by atoms with Crippen LogP contribution < -0.4 is 15.5 Å². The lowest BCUT2D eigenvalue weighted by Crippen LogP contribution is -3.27. The van der Waals surface area contributed by atoms with Crippen LogP contribution in [0, 0.1) is 5.82 Å². The summed E-state index contributed by atoms with van der Waals surface area (Å²) in [6.07, 6.45) is 0. The number of benzene rings is 1. The monoisotopic (exact) mass is 240 g/mol. The zero-order valence-corrected chi connectivity index (χ0v) is 10.5. The van der Waals surface area contributed by atoms with Crippen LogP contribution in [0.15, 0.2) is 24.3 Å². The van der Waals surface area contributed by atoms with Crippen molar-refractivity contribution in [1.29, 1.82) is 0 Å². The van der Waals surface area contributed by atoms with Crippen molar-refractivity contribution >= 4 is 0 Å². The maximum Gasteiger partial charge on any atom is 0.163 e. The quantitative estimate of drug-likeness (QED) is 0.523. The number of nitrogens with one attached hydrogen (secondary N) is 2. The Morgan fingerprint density at radius 3 is 2.29 bits per heavy atom. The van der Waals surface area contributed by atoms with E-state index in [1.807, 2.05) is 12.1 Å². The molecule has 1 fully saturated rings. The van der Waals surface area contributed by atoms with Gasteiger partial charge in [0.15, 0.2) is 6.04 Å². The van der Waals surface area contributed by atoms with E-state index >= 15 is 0 Å². The Labute approximate surface area is 102 Å². The molecule has 0 saturated carbocycles. The van der Waals surface area contributed by atoms with Gasteiger partial charge in [0.1, 0.15) is 38.5 Å². The van der Waals surface area contributed by atoms with Gasteiger partial charge >= 0.3 is 0 Å². The zero-order chi connectivity index (χ0) is 12.3. The Bertz CT molecular complexity index is 344. The Hall–Kier alpha value is -0.970. The van der Waals surface area contributed by atoms with E-state index in [1.165, 1.54) is 31.7 Å². The lowest BCUT2D eigenvalue weighted by atomic mass is 10.0. The predicted molar refractivity (Wildman–Crippen MR) is 64.2 cm³/mol. The molecule has 4 heteroatoms. The van der Waals surface area contributed by atoms with E-state index in [1.54, 1.807) is 21.9 Å². The van der Waals surface area contributed by atoms with Crippen LogP contribution in [0.25, 0.3) is 0 Å². The summed E-state index contributed by atoms with van der Waals surface area (Å²) in [6.45, 7) is 5.67. The van der Waals surface area contributed by atoms with E-state index in [4.69, 9.17) is 0 Å². The van der Waals surface area contributed by atoms with E-state index < -0.39 is 0 Å². The second-order valence-corrected chi connectivity index (χ2v) is 5.01. The first-order valence-corrected chi connectivity index (χ1v) is 6.41. The predicted octanol–water partition coefficient (Wildman–Crippen LogP) is -2.48. The maximum atomic E-state index is 12.9. The minimum absolute atomic E-state index is 0.158. The second kappa shape index (κ2) is 5.58. The Balaban J connectivity index is 2.08.